The van der Waals surface area contributed by atoms with Crippen LogP contribution in [0.25, 0.3) is 10.1 Å². The van der Waals surface area contributed by atoms with Crippen LogP contribution in [0.2, 0.25) is 0 Å². The second-order valence-electron chi connectivity index (χ2n) is 6.31. The minimum absolute atomic E-state index is 0.319. The summed E-state index contributed by atoms with van der Waals surface area (Å²) in [5.41, 5.74) is 1.38. The van der Waals surface area contributed by atoms with Gasteiger partial charge in [0.05, 0.1) is 12.7 Å². The average molecular weight is 302 g/mol. The van der Waals surface area contributed by atoms with E-state index in [-0.39, 0.29) is 0 Å². The molecule has 0 saturated carbocycles. The van der Waals surface area contributed by atoms with E-state index in [9.17, 15) is 0 Å². The van der Waals surface area contributed by atoms with E-state index in [1.807, 2.05) is 11.3 Å². The van der Waals surface area contributed by atoms with Crippen LogP contribution in [0.5, 0.6) is 0 Å². The molecule has 0 bridgehead atoms. The van der Waals surface area contributed by atoms with E-state index in [1.54, 1.807) is 0 Å². The van der Waals surface area contributed by atoms with Gasteiger partial charge in [-0.05, 0) is 54.7 Å². The molecule has 0 N–H and O–H groups in total. The van der Waals surface area contributed by atoms with E-state index in [0.717, 1.165) is 12.5 Å². The molecule has 3 rings (SSSR count). The van der Waals surface area contributed by atoms with Gasteiger partial charge >= 0.3 is 0 Å². The predicted octanol–water partition coefficient (Wildman–Crippen LogP) is 6.12. The van der Waals surface area contributed by atoms with Crippen LogP contribution in [-0.2, 0) is 11.2 Å². The summed E-state index contributed by atoms with van der Waals surface area (Å²) in [5, 5.41) is 1.40. The number of hydrogen-bond donors (Lipinski definition) is 0. The average Bonchev–Trinajstić information content (AvgIpc) is 2.90. The van der Waals surface area contributed by atoms with E-state index in [1.165, 1.54) is 59.1 Å². The number of ether oxygens (including phenoxy) is 1. The summed E-state index contributed by atoms with van der Waals surface area (Å²) in [4.78, 5) is 1.51. The lowest BCUT2D eigenvalue weighted by atomic mass is 9.92. The van der Waals surface area contributed by atoms with Crippen molar-refractivity contribution in [2.24, 2.45) is 5.92 Å². The quantitative estimate of drug-likeness (QED) is 0.646. The fourth-order valence-electron chi connectivity index (χ4n) is 3.38. The summed E-state index contributed by atoms with van der Waals surface area (Å²) < 4.78 is 7.56. The molecule has 1 aromatic carbocycles. The van der Waals surface area contributed by atoms with Crippen molar-refractivity contribution < 1.29 is 4.74 Å². The molecule has 1 aliphatic rings. The molecule has 2 atom stereocenters. The van der Waals surface area contributed by atoms with Crippen LogP contribution in [0, 0.1) is 5.92 Å². The van der Waals surface area contributed by atoms with Gasteiger partial charge in [-0.1, -0.05) is 38.8 Å². The van der Waals surface area contributed by atoms with Gasteiger partial charge in [-0.25, -0.2) is 0 Å². The molecule has 2 heteroatoms. The van der Waals surface area contributed by atoms with E-state index in [4.69, 9.17) is 4.74 Å². The molecule has 1 saturated heterocycles. The van der Waals surface area contributed by atoms with Crippen molar-refractivity contribution in [2.75, 3.05) is 6.61 Å². The van der Waals surface area contributed by atoms with Crippen LogP contribution in [-0.4, -0.2) is 6.61 Å². The van der Waals surface area contributed by atoms with Gasteiger partial charge in [0, 0.05) is 9.58 Å². The highest BCUT2D eigenvalue weighted by Gasteiger charge is 2.22. The maximum absolute atomic E-state index is 6.14. The number of benzene rings is 1. The molecular weight excluding hydrogens is 276 g/mol. The Bertz CT molecular complexity index is 578. The number of fused-ring (bicyclic) bond motifs is 1. The largest absolute Gasteiger partial charge is 0.373 e. The van der Waals surface area contributed by atoms with E-state index in [0.29, 0.717) is 6.10 Å². The standard InChI is InChI=1S/C19H26OS/c1-3-5-14-7-10-18(20-13-14)15-8-9-16-11-17(6-4-2)21-19(16)12-15/h8-9,11-12,14,18H,3-7,10,13H2,1-2H3. The van der Waals surface area contributed by atoms with E-state index >= 15 is 0 Å². The first-order chi connectivity index (χ1) is 10.3. The van der Waals surface area contributed by atoms with Crippen LogP contribution in [0.15, 0.2) is 24.3 Å². The maximum Gasteiger partial charge on any atom is 0.0825 e. The van der Waals surface area contributed by atoms with Gasteiger partial charge < -0.3 is 4.74 Å². The highest BCUT2D eigenvalue weighted by molar-refractivity contribution is 7.19. The molecule has 0 spiro atoms. The second-order valence-corrected chi connectivity index (χ2v) is 7.48. The van der Waals surface area contributed by atoms with Gasteiger partial charge in [0.15, 0.2) is 0 Å². The third-order valence-corrected chi connectivity index (χ3v) is 5.69. The molecule has 1 aliphatic heterocycles. The summed E-state index contributed by atoms with van der Waals surface area (Å²) in [6.07, 6.45) is 7.85. The Labute approximate surface area is 132 Å². The summed E-state index contributed by atoms with van der Waals surface area (Å²) in [6, 6.07) is 9.27. The van der Waals surface area contributed by atoms with Crippen molar-refractivity contribution in [2.45, 2.75) is 58.5 Å². The molecule has 2 unspecified atom stereocenters. The van der Waals surface area contributed by atoms with Gasteiger partial charge in [0.25, 0.3) is 0 Å². The van der Waals surface area contributed by atoms with Crippen LogP contribution < -0.4 is 0 Å². The van der Waals surface area contributed by atoms with E-state index in [2.05, 4.69) is 38.1 Å². The summed E-state index contributed by atoms with van der Waals surface area (Å²) in [7, 11) is 0. The van der Waals surface area contributed by atoms with E-state index < -0.39 is 0 Å². The van der Waals surface area contributed by atoms with Crippen molar-refractivity contribution in [3.8, 4) is 0 Å². The van der Waals surface area contributed by atoms with Crippen molar-refractivity contribution in [3.63, 3.8) is 0 Å². The zero-order chi connectivity index (χ0) is 14.7. The minimum atomic E-state index is 0.319. The molecule has 0 amide bonds. The van der Waals surface area contributed by atoms with Crippen LogP contribution in [0.1, 0.15) is 62.5 Å². The number of hydrogen-bond acceptors (Lipinski definition) is 2. The Morgan fingerprint density at radius 3 is 2.76 bits per heavy atom. The van der Waals surface area contributed by atoms with Crippen LogP contribution >= 0.6 is 11.3 Å². The Morgan fingerprint density at radius 2 is 2.05 bits per heavy atom. The zero-order valence-corrected chi connectivity index (χ0v) is 14.0. The molecule has 114 valence electrons. The molecule has 2 aromatic rings. The molecule has 1 fully saturated rings. The summed E-state index contributed by atoms with van der Waals surface area (Å²) in [6.45, 7) is 5.46. The fraction of sp³-hybridized carbons (Fsp3) is 0.579. The predicted molar refractivity (Wildman–Crippen MR) is 92.1 cm³/mol. The van der Waals surface area contributed by atoms with Crippen LogP contribution in [0.4, 0.5) is 0 Å². The molecule has 1 aromatic heterocycles. The first-order valence-corrected chi connectivity index (χ1v) is 9.25. The Hall–Kier alpha value is -0.860. The molecule has 0 aliphatic carbocycles. The number of aryl methyl sites for hydroxylation is 1. The zero-order valence-electron chi connectivity index (χ0n) is 13.2. The number of rotatable bonds is 5. The first-order valence-electron chi connectivity index (χ1n) is 8.44. The normalized spacial score (nSPS) is 22.8. The van der Waals surface area contributed by atoms with Gasteiger partial charge in [0.1, 0.15) is 0 Å². The smallest absolute Gasteiger partial charge is 0.0825 e. The van der Waals surface area contributed by atoms with Crippen molar-refractivity contribution in [1.82, 2.24) is 0 Å². The van der Waals surface area contributed by atoms with Gasteiger partial charge in [-0.15, -0.1) is 11.3 Å². The monoisotopic (exact) mass is 302 g/mol. The molecule has 21 heavy (non-hydrogen) atoms. The van der Waals surface area contributed by atoms with Gasteiger partial charge in [-0.2, -0.15) is 0 Å². The molecule has 0 radical (unpaired) electrons. The third kappa shape index (κ3) is 3.49. The minimum Gasteiger partial charge on any atom is -0.373 e. The Balaban J connectivity index is 1.72. The maximum atomic E-state index is 6.14. The summed E-state index contributed by atoms with van der Waals surface area (Å²) in [5.74, 6) is 0.785. The van der Waals surface area contributed by atoms with Crippen molar-refractivity contribution in [1.29, 1.82) is 0 Å². The first kappa shape index (κ1) is 15.1. The molecule has 1 nitrogen and oxygen atoms in total. The highest BCUT2D eigenvalue weighted by atomic mass is 32.1. The summed E-state index contributed by atoms with van der Waals surface area (Å²) >= 11 is 1.95. The molecular formula is C19H26OS. The van der Waals surface area contributed by atoms with Gasteiger partial charge in [-0.3, -0.25) is 0 Å². The molecule has 2 heterocycles. The van der Waals surface area contributed by atoms with Gasteiger partial charge in [0.2, 0.25) is 0 Å². The lowest BCUT2D eigenvalue weighted by Gasteiger charge is -2.29. The Morgan fingerprint density at radius 1 is 1.14 bits per heavy atom. The Kier molecular flexibility index (Phi) is 4.97. The fourth-order valence-corrected chi connectivity index (χ4v) is 4.59. The highest BCUT2D eigenvalue weighted by Crippen LogP contribution is 2.35. The SMILES string of the molecule is CCCc1cc2ccc(C3CCC(CCC)CO3)cc2s1. The second kappa shape index (κ2) is 6.93. The third-order valence-electron chi connectivity index (χ3n) is 4.53. The van der Waals surface area contributed by atoms with Crippen molar-refractivity contribution in [3.05, 3.63) is 34.7 Å². The van der Waals surface area contributed by atoms with Crippen molar-refractivity contribution >= 4 is 21.4 Å². The topological polar surface area (TPSA) is 9.23 Å². The lowest BCUT2D eigenvalue weighted by molar-refractivity contribution is -0.0194. The number of thiophene rings is 1. The van der Waals surface area contributed by atoms with Crippen LogP contribution in [0.3, 0.4) is 0 Å². The lowest BCUT2D eigenvalue weighted by Crippen LogP contribution is -2.20.